The summed E-state index contributed by atoms with van der Waals surface area (Å²) < 4.78 is 17.2. The number of rotatable bonds is 4. The molecular formula is C26H31N5O4S. The average molecular weight is 510 g/mol. The van der Waals surface area contributed by atoms with Crippen LogP contribution < -0.4 is 14.5 Å². The minimum Gasteiger partial charge on any atom is -0.495 e. The van der Waals surface area contributed by atoms with Gasteiger partial charge in [-0.3, -0.25) is 4.79 Å². The van der Waals surface area contributed by atoms with E-state index >= 15 is 0 Å². The van der Waals surface area contributed by atoms with Gasteiger partial charge in [-0.25, -0.2) is 9.97 Å². The summed E-state index contributed by atoms with van der Waals surface area (Å²) in [5, 5.41) is 0.993. The van der Waals surface area contributed by atoms with Crippen LogP contribution in [0.25, 0.3) is 10.2 Å². The van der Waals surface area contributed by atoms with Crippen LogP contribution in [-0.4, -0.2) is 86.2 Å². The number of carbonyl (C=O) groups is 1. The number of carbonyl (C=O) groups excluding carboxylic acids is 1. The first-order valence-electron chi connectivity index (χ1n) is 12.5. The van der Waals surface area contributed by atoms with E-state index < -0.39 is 5.79 Å². The fraction of sp³-hybridized carbons (Fsp3) is 0.500. The maximum atomic E-state index is 13.5. The number of fused-ring (bicyclic) bond motifs is 1. The number of aromatic nitrogens is 2. The highest BCUT2D eigenvalue weighted by molar-refractivity contribution is 7.20. The van der Waals surface area contributed by atoms with Gasteiger partial charge in [0.25, 0.3) is 5.91 Å². The molecule has 3 aliphatic heterocycles. The minimum atomic E-state index is -0.490. The van der Waals surface area contributed by atoms with Crippen molar-refractivity contribution in [1.82, 2.24) is 14.9 Å². The Hall–Kier alpha value is -2.95. The number of nitrogens with zero attached hydrogens (tertiary/aromatic N) is 5. The van der Waals surface area contributed by atoms with Gasteiger partial charge in [0.15, 0.2) is 5.79 Å². The Balaban J connectivity index is 1.20. The standard InChI is InChI=1S/C26H31N5O4S/c1-18-21-23(30-13-11-29(12-14-30)19-5-3-4-6-20(19)33-2)27-17-28-24(21)36-22(18)25(32)31-9-7-26(8-10-31)34-15-16-35-26/h3-6,17H,7-16H2,1-2H3. The highest BCUT2D eigenvalue weighted by atomic mass is 32.1. The van der Waals surface area contributed by atoms with Crippen LogP contribution in [-0.2, 0) is 9.47 Å². The van der Waals surface area contributed by atoms with Gasteiger partial charge < -0.3 is 28.9 Å². The lowest BCUT2D eigenvalue weighted by Gasteiger charge is -2.37. The molecule has 190 valence electrons. The zero-order valence-electron chi connectivity index (χ0n) is 20.7. The Labute approximate surface area is 214 Å². The Morgan fingerprint density at radius 3 is 2.42 bits per heavy atom. The number of aryl methyl sites for hydroxylation is 1. The van der Waals surface area contributed by atoms with Crippen LogP contribution in [0.1, 0.15) is 28.1 Å². The second-order valence-corrected chi connectivity index (χ2v) is 10.5. The maximum absolute atomic E-state index is 13.5. The molecule has 9 nitrogen and oxygen atoms in total. The maximum Gasteiger partial charge on any atom is 0.264 e. The fourth-order valence-corrected chi connectivity index (χ4v) is 6.64. The Morgan fingerprint density at radius 2 is 1.69 bits per heavy atom. The molecular weight excluding hydrogens is 478 g/mol. The van der Waals surface area contributed by atoms with Crippen molar-refractivity contribution in [2.24, 2.45) is 0 Å². The lowest BCUT2D eigenvalue weighted by atomic mass is 10.0. The van der Waals surface area contributed by atoms with E-state index in [1.807, 2.05) is 30.0 Å². The summed E-state index contributed by atoms with van der Waals surface area (Å²) >= 11 is 1.47. The van der Waals surface area contributed by atoms with Gasteiger partial charge in [-0.15, -0.1) is 11.3 Å². The van der Waals surface area contributed by atoms with E-state index in [-0.39, 0.29) is 5.91 Å². The summed E-state index contributed by atoms with van der Waals surface area (Å²) in [5.41, 5.74) is 2.08. The SMILES string of the molecule is COc1ccccc1N1CCN(c2ncnc3sc(C(=O)N4CCC5(CC4)OCCO5)c(C)c23)CC1. The van der Waals surface area contributed by atoms with Crippen LogP contribution in [0.15, 0.2) is 30.6 Å². The summed E-state index contributed by atoms with van der Waals surface area (Å²) in [6.07, 6.45) is 3.04. The van der Waals surface area contributed by atoms with E-state index in [9.17, 15) is 4.79 Å². The van der Waals surface area contributed by atoms with Crippen molar-refractivity contribution in [3.8, 4) is 5.75 Å². The Morgan fingerprint density at radius 1 is 1.00 bits per heavy atom. The number of methoxy groups -OCH3 is 1. The number of benzene rings is 1. The number of amides is 1. The molecule has 1 spiro atoms. The normalized spacial score (nSPS) is 19.9. The molecule has 5 heterocycles. The van der Waals surface area contributed by atoms with Gasteiger partial charge >= 0.3 is 0 Å². The number of ether oxygens (including phenoxy) is 3. The molecule has 0 saturated carbocycles. The number of thiophene rings is 1. The number of hydrogen-bond donors (Lipinski definition) is 0. The first kappa shape index (κ1) is 23.4. The average Bonchev–Trinajstić information content (AvgIpc) is 3.53. The van der Waals surface area contributed by atoms with Crippen molar-refractivity contribution in [1.29, 1.82) is 0 Å². The van der Waals surface area contributed by atoms with Gasteiger partial charge in [-0.1, -0.05) is 12.1 Å². The van der Waals surface area contributed by atoms with Crippen LogP contribution in [0.5, 0.6) is 5.75 Å². The first-order chi connectivity index (χ1) is 17.6. The third kappa shape index (κ3) is 4.07. The van der Waals surface area contributed by atoms with Gasteiger partial charge in [0.1, 0.15) is 22.7 Å². The quantitative estimate of drug-likeness (QED) is 0.530. The second-order valence-electron chi connectivity index (χ2n) is 9.48. The van der Waals surface area contributed by atoms with E-state index in [1.165, 1.54) is 11.3 Å². The van der Waals surface area contributed by atoms with Crippen molar-refractivity contribution in [2.45, 2.75) is 25.6 Å². The topological polar surface area (TPSA) is 80.3 Å². The molecule has 36 heavy (non-hydrogen) atoms. The number of likely N-dealkylation sites (tertiary alicyclic amines) is 1. The smallest absolute Gasteiger partial charge is 0.264 e. The number of piperidine rings is 1. The molecule has 0 unspecified atom stereocenters. The molecule has 3 fully saturated rings. The summed E-state index contributed by atoms with van der Waals surface area (Å²) in [6, 6.07) is 8.14. The molecule has 3 aliphatic rings. The molecule has 3 saturated heterocycles. The van der Waals surface area contributed by atoms with Crippen LogP contribution in [0, 0.1) is 6.92 Å². The number of piperazine rings is 1. The molecule has 6 rings (SSSR count). The van der Waals surface area contributed by atoms with E-state index in [1.54, 1.807) is 13.4 Å². The highest BCUT2D eigenvalue weighted by Gasteiger charge is 2.41. The van der Waals surface area contributed by atoms with Crippen molar-refractivity contribution in [3.63, 3.8) is 0 Å². The van der Waals surface area contributed by atoms with E-state index in [0.29, 0.717) is 39.1 Å². The van der Waals surface area contributed by atoms with Crippen LogP contribution >= 0.6 is 11.3 Å². The second kappa shape index (κ2) is 9.49. The van der Waals surface area contributed by atoms with E-state index in [4.69, 9.17) is 14.2 Å². The monoisotopic (exact) mass is 509 g/mol. The van der Waals surface area contributed by atoms with Crippen molar-refractivity contribution in [2.75, 3.05) is 69.4 Å². The van der Waals surface area contributed by atoms with Crippen molar-refractivity contribution in [3.05, 3.63) is 41.0 Å². The minimum absolute atomic E-state index is 0.0651. The van der Waals surface area contributed by atoms with Gasteiger partial charge in [0.2, 0.25) is 0 Å². The summed E-state index contributed by atoms with van der Waals surface area (Å²) in [4.78, 5) is 30.9. The van der Waals surface area contributed by atoms with Crippen molar-refractivity contribution >= 4 is 39.0 Å². The van der Waals surface area contributed by atoms with Crippen LogP contribution in [0.2, 0.25) is 0 Å². The molecule has 0 N–H and O–H groups in total. The predicted octanol–water partition coefficient (Wildman–Crippen LogP) is 3.31. The van der Waals surface area contributed by atoms with E-state index in [0.717, 1.165) is 64.1 Å². The lowest BCUT2D eigenvalue weighted by molar-refractivity contribution is -0.181. The third-order valence-corrected chi connectivity index (χ3v) is 8.72. The lowest BCUT2D eigenvalue weighted by Crippen LogP contribution is -2.47. The third-order valence-electron chi connectivity index (χ3n) is 7.53. The number of para-hydroxylation sites is 2. The summed E-state index contributed by atoms with van der Waals surface area (Å²) in [5.74, 6) is 1.38. The zero-order chi connectivity index (χ0) is 24.7. The van der Waals surface area contributed by atoms with Crippen LogP contribution in [0.4, 0.5) is 11.5 Å². The number of hydrogen-bond acceptors (Lipinski definition) is 9. The molecule has 1 aromatic carbocycles. The largest absolute Gasteiger partial charge is 0.495 e. The number of anilines is 2. The molecule has 0 bridgehead atoms. The van der Waals surface area contributed by atoms with Gasteiger partial charge in [-0.05, 0) is 24.6 Å². The van der Waals surface area contributed by atoms with Gasteiger partial charge in [-0.2, -0.15) is 0 Å². The Bertz CT molecular complexity index is 1260. The fourth-order valence-electron chi connectivity index (χ4n) is 5.53. The molecule has 1 amide bonds. The molecule has 0 atom stereocenters. The molecule has 10 heteroatoms. The first-order valence-corrected chi connectivity index (χ1v) is 13.3. The molecule has 0 radical (unpaired) electrons. The molecule has 2 aromatic heterocycles. The Kier molecular flexibility index (Phi) is 6.18. The van der Waals surface area contributed by atoms with Gasteiger partial charge in [0, 0.05) is 52.1 Å². The summed E-state index contributed by atoms with van der Waals surface area (Å²) in [7, 11) is 1.71. The van der Waals surface area contributed by atoms with Gasteiger partial charge in [0.05, 0.1) is 36.3 Å². The predicted molar refractivity (Wildman–Crippen MR) is 139 cm³/mol. The van der Waals surface area contributed by atoms with Crippen molar-refractivity contribution < 1.29 is 19.0 Å². The zero-order valence-corrected chi connectivity index (χ0v) is 21.6. The van der Waals surface area contributed by atoms with Crippen LogP contribution in [0.3, 0.4) is 0 Å². The molecule has 3 aromatic rings. The highest BCUT2D eigenvalue weighted by Crippen LogP contribution is 2.38. The van der Waals surface area contributed by atoms with E-state index in [2.05, 4.69) is 25.8 Å². The molecule has 0 aliphatic carbocycles. The summed E-state index contributed by atoms with van der Waals surface area (Å²) in [6.45, 7) is 7.95.